The van der Waals surface area contributed by atoms with Gasteiger partial charge in [-0.2, -0.15) is 0 Å². The molecule has 1 unspecified atom stereocenters. The summed E-state index contributed by atoms with van der Waals surface area (Å²) in [6, 6.07) is 10.3. The van der Waals surface area contributed by atoms with Crippen molar-refractivity contribution in [2.45, 2.75) is 19.8 Å². The molecule has 0 heterocycles. The molecule has 0 amide bonds. The van der Waals surface area contributed by atoms with Gasteiger partial charge in [-0.1, -0.05) is 44.2 Å². The van der Waals surface area contributed by atoms with E-state index < -0.39 is 0 Å². The highest BCUT2D eigenvalue weighted by Crippen LogP contribution is 2.22. The maximum absolute atomic E-state index is 8.97. The molecule has 0 saturated carbocycles. The zero-order valence-corrected chi connectivity index (χ0v) is 7.70. The molecule has 12 heavy (non-hydrogen) atoms. The van der Waals surface area contributed by atoms with Gasteiger partial charge in [0.15, 0.2) is 0 Å². The highest BCUT2D eigenvalue weighted by molar-refractivity contribution is 5.19. The lowest BCUT2D eigenvalue weighted by atomic mass is 9.90. The summed E-state index contributed by atoms with van der Waals surface area (Å²) in [5, 5.41) is 8.97. The molecule has 1 heteroatoms. The fourth-order valence-corrected chi connectivity index (χ4v) is 1.24. The third-order valence-electron chi connectivity index (χ3n) is 2.47. The van der Waals surface area contributed by atoms with Gasteiger partial charge in [-0.05, 0) is 17.4 Å². The smallest absolute Gasteiger partial charge is 0.0462 e. The Hall–Kier alpha value is -0.820. The maximum Gasteiger partial charge on any atom is 0.0462 e. The van der Waals surface area contributed by atoms with Gasteiger partial charge >= 0.3 is 0 Å². The topological polar surface area (TPSA) is 20.2 Å². The van der Waals surface area contributed by atoms with E-state index in [0.717, 1.165) is 0 Å². The first-order valence-corrected chi connectivity index (χ1v) is 4.41. The molecule has 0 aliphatic rings. The van der Waals surface area contributed by atoms with E-state index in [0.29, 0.717) is 11.8 Å². The first-order valence-electron chi connectivity index (χ1n) is 4.41. The summed E-state index contributed by atoms with van der Waals surface area (Å²) >= 11 is 0. The molecule has 0 aromatic heterocycles. The summed E-state index contributed by atoms with van der Waals surface area (Å²) in [7, 11) is 0. The zero-order valence-electron chi connectivity index (χ0n) is 7.70. The molecule has 66 valence electrons. The van der Waals surface area contributed by atoms with Gasteiger partial charge in [-0.15, -0.1) is 0 Å². The van der Waals surface area contributed by atoms with E-state index in [2.05, 4.69) is 26.0 Å². The molecule has 1 aromatic carbocycles. The van der Waals surface area contributed by atoms with Crippen LogP contribution in [0.5, 0.6) is 0 Å². The molecule has 1 aromatic rings. The first-order chi connectivity index (χ1) is 5.75. The van der Waals surface area contributed by atoms with Crippen molar-refractivity contribution in [1.29, 1.82) is 0 Å². The minimum Gasteiger partial charge on any atom is -0.396 e. The van der Waals surface area contributed by atoms with Crippen LogP contribution in [-0.4, -0.2) is 11.7 Å². The minimum absolute atomic E-state index is 0.260. The number of hydrogen-bond donors (Lipinski definition) is 1. The monoisotopic (exact) mass is 164 g/mol. The van der Waals surface area contributed by atoms with Crippen LogP contribution >= 0.6 is 0 Å². The fraction of sp³-hybridized carbons (Fsp3) is 0.455. The van der Waals surface area contributed by atoms with E-state index >= 15 is 0 Å². The quantitative estimate of drug-likeness (QED) is 0.727. The van der Waals surface area contributed by atoms with Crippen LogP contribution in [0, 0.1) is 5.92 Å². The molecule has 1 nitrogen and oxygen atoms in total. The minimum atomic E-state index is 0.260. The van der Waals surface area contributed by atoms with Crippen molar-refractivity contribution in [3.8, 4) is 0 Å². The van der Waals surface area contributed by atoms with Crippen molar-refractivity contribution < 1.29 is 5.11 Å². The molecule has 0 aliphatic carbocycles. The Kier molecular flexibility index (Phi) is 3.30. The van der Waals surface area contributed by atoms with Gasteiger partial charge in [0.25, 0.3) is 0 Å². The normalized spacial score (nSPS) is 15.6. The zero-order chi connectivity index (χ0) is 8.97. The van der Waals surface area contributed by atoms with Crippen LogP contribution in [0.25, 0.3) is 0 Å². The second-order valence-corrected chi connectivity index (χ2v) is 3.36. The van der Waals surface area contributed by atoms with E-state index in [1.807, 2.05) is 18.2 Å². The van der Waals surface area contributed by atoms with E-state index in [1.165, 1.54) is 5.56 Å². The predicted octanol–water partition coefficient (Wildman–Crippen LogP) is 2.42. The molecular weight excluding hydrogens is 148 g/mol. The van der Waals surface area contributed by atoms with Gasteiger partial charge in [0.05, 0.1) is 0 Å². The van der Waals surface area contributed by atoms with E-state index in [9.17, 15) is 0 Å². The van der Waals surface area contributed by atoms with Crippen LogP contribution in [0.2, 0.25) is 0 Å². The average Bonchev–Trinajstić information content (AvgIpc) is 2.17. The fourth-order valence-electron chi connectivity index (χ4n) is 1.24. The Morgan fingerprint density at radius 2 is 1.75 bits per heavy atom. The summed E-state index contributed by atoms with van der Waals surface area (Å²) in [6.07, 6.45) is 0. The van der Waals surface area contributed by atoms with Gasteiger partial charge in [-0.3, -0.25) is 0 Å². The van der Waals surface area contributed by atoms with E-state index in [1.54, 1.807) is 0 Å². The summed E-state index contributed by atoms with van der Waals surface area (Å²) < 4.78 is 0. The predicted molar refractivity (Wildman–Crippen MR) is 51.1 cm³/mol. The van der Waals surface area contributed by atoms with Crippen LogP contribution in [0.1, 0.15) is 25.3 Å². The van der Waals surface area contributed by atoms with Gasteiger partial charge in [0, 0.05) is 6.61 Å². The van der Waals surface area contributed by atoms with Gasteiger partial charge in [0.2, 0.25) is 0 Å². The summed E-state index contributed by atoms with van der Waals surface area (Å²) in [6.45, 7) is 4.48. The molecule has 0 saturated heterocycles. The van der Waals surface area contributed by atoms with Gasteiger partial charge < -0.3 is 5.11 Å². The number of rotatable bonds is 3. The summed E-state index contributed by atoms with van der Waals surface area (Å²) in [4.78, 5) is 0. The first kappa shape index (κ1) is 9.27. The maximum atomic E-state index is 8.97. The highest BCUT2D eigenvalue weighted by Gasteiger charge is 2.11. The van der Waals surface area contributed by atoms with E-state index in [-0.39, 0.29) is 6.61 Å². The average molecular weight is 164 g/mol. The second kappa shape index (κ2) is 4.27. The Morgan fingerprint density at radius 3 is 2.25 bits per heavy atom. The molecular formula is C11H16O. The number of aliphatic hydroxyl groups excluding tert-OH is 1. The van der Waals surface area contributed by atoms with E-state index in [4.69, 9.17) is 5.11 Å². The largest absolute Gasteiger partial charge is 0.396 e. The second-order valence-electron chi connectivity index (χ2n) is 3.36. The van der Waals surface area contributed by atoms with Crippen LogP contribution in [-0.2, 0) is 0 Å². The SMILES string of the molecule is CC(c1ccccc1)[C@@H](C)CO. The Morgan fingerprint density at radius 1 is 1.17 bits per heavy atom. The third-order valence-corrected chi connectivity index (χ3v) is 2.47. The molecule has 0 spiro atoms. The molecule has 2 atom stereocenters. The van der Waals surface area contributed by atoms with Crippen LogP contribution in [0.4, 0.5) is 0 Å². The lowest BCUT2D eigenvalue weighted by molar-refractivity contribution is 0.220. The van der Waals surface area contributed by atoms with Crippen molar-refractivity contribution in [2.24, 2.45) is 5.92 Å². The molecule has 0 aliphatic heterocycles. The van der Waals surface area contributed by atoms with Crippen molar-refractivity contribution in [3.63, 3.8) is 0 Å². The Balaban J connectivity index is 2.71. The highest BCUT2D eigenvalue weighted by atomic mass is 16.3. The molecule has 1 rings (SSSR count). The lowest BCUT2D eigenvalue weighted by Gasteiger charge is -2.17. The molecule has 0 bridgehead atoms. The lowest BCUT2D eigenvalue weighted by Crippen LogP contribution is -2.09. The van der Waals surface area contributed by atoms with Crippen molar-refractivity contribution in [3.05, 3.63) is 35.9 Å². The van der Waals surface area contributed by atoms with Gasteiger partial charge in [0.1, 0.15) is 0 Å². The standard InChI is InChI=1S/C11H16O/c1-9(8-12)10(2)11-6-4-3-5-7-11/h3-7,9-10,12H,8H2,1-2H3/t9-,10?/m0/s1. The van der Waals surface area contributed by atoms with Crippen molar-refractivity contribution in [2.75, 3.05) is 6.61 Å². The van der Waals surface area contributed by atoms with Crippen LogP contribution in [0.15, 0.2) is 30.3 Å². The van der Waals surface area contributed by atoms with Crippen LogP contribution < -0.4 is 0 Å². The van der Waals surface area contributed by atoms with Crippen molar-refractivity contribution in [1.82, 2.24) is 0 Å². The molecule has 0 fully saturated rings. The number of hydrogen-bond acceptors (Lipinski definition) is 1. The molecule has 0 radical (unpaired) electrons. The Labute approximate surface area is 74.1 Å². The molecule has 1 N–H and O–H groups in total. The number of aliphatic hydroxyl groups is 1. The summed E-state index contributed by atoms with van der Waals surface area (Å²) in [5.41, 5.74) is 1.30. The number of benzene rings is 1. The summed E-state index contributed by atoms with van der Waals surface area (Å²) in [5.74, 6) is 0.781. The third kappa shape index (κ3) is 2.08. The van der Waals surface area contributed by atoms with Crippen molar-refractivity contribution >= 4 is 0 Å². The van der Waals surface area contributed by atoms with Crippen LogP contribution in [0.3, 0.4) is 0 Å². The Bertz CT molecular complexity index is 218. The van der Waals surface area contributed by atoms with Gasteiger partial charge in [-0.25, -0.2) is 0 Å².